The molecule has 0 aromatic heterocycles. The molecule has 0 spiro atoms. The maximum Gasteiger partial charge on any atom is 0.251 e. The summed E-state index contributed by atoms with van der Waals surface area (Å²) in [6, 6.07) is 17.2. The average molecular weight is 396 g/mol. The van der Waals surface area contributed by atoms with Crippen LogP contribution in [0.4, 0.5) is 5.69 Å². The topological polar surface area (TPSA) is 35.6 Å². The van der Waals surface area contributed by atoms with E-state index in [1.165, 1.54) is 29.0 Å². The van der Waals surface area contributed by atoms with E-state index in [-0.39, 0.29) is 5.91 Å². The standard InChI is InChI=1S/C23H29N3OS/c1-2-25-12-6-9-20(25)16-24-23(27)19-10-11-22-21(15-19)26(13-14-28-22)17-18-7-4-3-5-8-18/h3-5,7-8,10-11,15,20H,2,6,9,12-14,16-17H2,1H3,(H,24,27). The number of fused-ring (bicyclic) bond motifs is 1. The Bertz CT molecular complexity index is 811. The van der Waals surface area contributed by atoms with Gasteiger partial charge in [-0.1, -0.05) is 37.3 Å². The molecule has 2 aromatic carbocycles. The summed E-state index contributed by atoms with van der Waals surface area (Å²) in [6.45, 7) is 7.04. The molecule has 28 heavy (non-hydrogen) atoms. The summed E-state index contributed by atoms with van der Waals surface area (Å²) >= 11 is 1.88. The van der Waals surface area contributed by atoms with Gasteiger partial charge in [0.15, 0.2) is 0 Å². The maximum atomic E-state index is 12.8. The molecule has 1 fully saturated rings. The molecule has 2 heterocycles. The minimum atomic E-state index is 0.0426. The van der Waals surface area contributed by atoms with Crippen LogP contribution in [0.1, 0.15) is 35.7 Å². The predicted molar refractivity (Wildman–Crippen MR) is 117 cm³/mol. The number of carbonyl (C=O) groups excluding carboxylic acids is 1. The van der Waals surface area contributed by atoms with Gasteiger partial charge in [-0.2, -0.15) is 0 Å². The second-order valence-corrected chi connectivity index (χ2v) is 8.71. The Balaban J connectivity index is 1.45. The Hall–Kier alpha value is -1.98. The Labute approximate surface area is 172 Å². The number of hydrogen-bond acceptors (Lipinski definition) is 4. The van der Waals surface area contributed by atoms with Gasteiger partial charge in [0.05, 0.1) is 5.69 Å². The Morgan fingerprint density at radius 2 is 2.04 bits per heavy atom. The second-order valence-electron chi connectivity index (χ2n) is 7.57. The van der Waals surface area contributed by atoms with Crippen LogP contribution in [0, 0.1) is 0 Å². The van der Waals surface area contributed by atoms with E-state index in [1.54, 1.807) is 0 Å². The van der Waals surface area contributed by atoms with Crippen molar-refractivity contribution in [2.24, 2.45) is 0 Å². The first-order valence-corrected chi connectivity index (χ1v) is 11.3. The fourth-order valence-electron chi connectivity index (χ4n) is 4.24. The maximum absolute atomic E-state index is 12.8. The van der Waals surface area contributed by atoms with E-state index in [4.69, 9.17) is 0 Å². The molecular formula is C23H29N3OS. The van der Waals surface area contributed by atoms with Gasteiger partial charge in [-0.05, 0) is 49.7 Å². The average Bonchev–Trinajstić information content (AvgIpc) is 3.20. The van der Waals surface area contributed by atoms with Crippen molar-refractivity contribution in [1.29, 1.82) is 0 Å². The third kappa shape index (κ3) is 4.36. The van der Waals surface area contributed by atoms with Crippen molar-refractivity contribution in [3.63, 3.8) is 0 Å². The van der Waals surface area contributed by atoms with Crippen molar-refractivity contribution < 1.29 is 4.79 Å². The lowest BCUT2D eigenvalue weighted by Crippen LogP contribution is -2.40. The highest BCUT2D eigenvalue weighted by Gasteiger charge is 2.24. The zero-order valence-electron chi connectivity index (χ0n) is 16.6. The number of hydrogen-bond donors (Lipinski definition) is 1. The quantitative estimate of drug-likeness (QED) is 0.802. The van der Waals surface area contributed by atoms with Crippen molar-refractivity contribution >= 4 is 23.4 Å². The first kappa shape index (κ1) is 19.3. The van der Waals surface area contributed by atoms with Crippen LogP contribution < -0.4 is 10.2 Å². The van der Waals surface area contributed by atoms with Crippen molar-refractivity contribution in [2.75, 3.05) is 36.8 Å². The summed E-state index contributed by atoms with van der Waals surface area (Å²) in [7, 11) is 0. The first-order chi connectivity index (χ1) is 13.7. The first-order valence-electron chi connectivity index (χ1n) is 10.3. The Morgan fingerprint density at radius 3 is 2.86 bits per heavy atom. The highest BCUT2D eigenvalue weighted by Crippen LogP contribution is 2.36. The van der Waals surface area contributed by atoms with Crippen LogP contribution >= 0.6 is 11.8 Å². The number of thioether (sulfide) groups is 1. The number of rotatable bonds is 6. The van der Waals surface area contributed by atoms with Gasteiger partial charge in [0.2, 0.25) is 0 Å². The van der Waals surface area contributed by atoms with Crippen LogP contribution in [-0.4, -0.2) is 48.8 Å². The summed E-state index contributed by atoms with van der Waals surface area (Å²) in [5, 5.41) is 3.17. The SMILES string of the molecule is CCN1CCCC1CNC(=O)c1ccc2c(c1)N(Cc1ccccc1)CCS2. The summed E-state index contributed by atoms with van der Waals surface area (Å²) in [5.74, 6) is 1.13. The minimum absolute atomic E-state index is 0.0426. The van der Waals surface area contributed by atoms with E-state index < -0.39 is 0 Å². The molecule has 5 heteroatoms. The molecule has 0 saturated carbocycles. The highest BCUT2D eigenvalue weighted by atomic mass is 32.2. The zero-order chi connectivity index (χ0) is 19.3. The van der Waals surface area contributed by atoms with Gasteiger partial charge >= 0.3 is 0 Å². The number of anilines is 1. The molecule has 1 saturated heterocycles. The summed E-state index contributed by atoms with van der Waals surface area (Å²) in [4.78, 5) is 18.9. The fourth-order valence-corrected chi connectivity index (χ4v) is 5.27. The van der Waals surface area contributed by atoms with E-state index in [0.717, 1.165) is 44.0 Å². The number of nitrogens with one attached hydrogen (secondary N) is 1. The smallest absolute Gasteiger partial charge is 0.251 e. The van der Waals surface area contributed by atoms with Gasteiger partial charge in [0.1, 0.15) is 0 Å². The lowest BCUT2D eigenvalue weighted by molar-refractivity contribution is 0.0941. The van der Waals surface area contributed by atoms with Crippen molar-refractivity contribution in [2.45, 2.75) is 37.2 Å². The molecule has 1 unspecified atom stereocenters. The van der Waals surface area contributed by atoms with Crippen molar-refractivity contribution in [1.82, 2.24) is 10.2 Å². The minimum Gasteiger partial charge on any atom is -0.365 e. The van der Waals surface area contributed by atoms with Gasteiger partial charge in [-0.3, -0.25) is 9.69 Å². The largest absolute Gasteiger partial charge is 0.365 e. The van der Waals surface area contributed by atoms with Crippen LogP contribution in [0.2, 0.25) is 0 Å². The van der Waals surface area contributed by atoms with Gasteiger partial charge < -0.3 is 10.2 Å². The molecule has 2 aromatic rings. The number of carbonyl (C=O) groups is 1. The van der Waals surface area contributed by atoms with Gasteiger partial charge in [-0.15, -0.1) is 11.8 Å². The molecule has 1 atom stereocenters. The van der Waals surface area contributed by atoms with Gasteiger partial charge in [0.25, 0.3) is 5.91 Å². The molecule has 0 radical (unpaired) electrons. The van der Waals surface area contributed by atoms with E-state index >= 15 is 0 Å². The number of nitrogens with zero attached hydrogens (tertiary/aromatic N) is 2. The number of amides is 1. The Kier molecular flexibility index (Phi) is 6.23. The van der Waals surface area contributed by atoms with Crippen LogP contribution in [0.3, 0.4) is 0 Å². The molecule has 1 N–H and O–H groups in total. The third-order valence-electron chi connectivity index (χ3n) is 5.80. The van der Waals surface area contributed by atoms with E-state index in [1.807, 2.05) is 17.8 Å². The summed E-state index contributed by atoms with van der Waals surface area (Å²) < 4.78 is 0. The normalized spacial score (nSPS) is 19.5. The zero-order valence-corrected chi connectivity index (χ0v) is 17.4. The van der Waals surface area contributed by atoms with Crippen LogP contribution in [-0.2, 0) is 6.54 Å². The van der Waals surface area contributed by atoms with Gasteiger partial charge in [-0.25, -0.2) is 0 Å². The van der Waals surface area contributed by atoms with Crippen molar-refractivity contribution in [3.05, 3.63) is 59.7 Å². The monoisotopic (exact) mass is 395 g/mol. The molecule has 0 aliphatic carbocycles. The van der Waals surface area contributed by atoms with Gasteiger partial charge in [0, 0.05) is 41.9 Å². The molecule has 2 aliphatic rings. The van der Waals surface area contributed by atoms with Crippen LogP contribution in [0.15, 0.2) is 53.4 Å². The number of likely N-dealkylation sites (tertiary alicyclic amines) is 1. The predicted octanol–water partition coefficient (Wildman–Crippen LogP) is 4.01. The lowest BCUT2D eigenvalue weighted by atomic mass is 10.1. The molecule has 148 valence electrons. The molecular weight excluding hydrogens is 366 g/mol. The van der Waals surface area contributed by atoms with E-state index in [2.05, 4.69) is 64.5 Å². The highest BCUT2D eigenvalue weighted by molar-refractivity contribution is 7.99. The van der Waals surface area contributed by atoms with E-state index in [9.17, 15) is 4.79 Å². The van der Waals surface area contributed by atoms with E-state index in [0.29, 0.717) is 6.04 Å². The number of likely N-dealkylation sites (N-methyl/N-ethyl adjacent to an activating group) is 1. The van der Waals surface area contributed by atoms with Crippen molar-refractivity contribution in [3.8, 4) is 0 Å². The van der Waals surface area contributed by atoms with Crippen LogP contribution in [0.25, 0.3) is 0 Å². The Morgan fingerprint density at radius 1 is 1.18 bits per heavy atom. The molecule has 0 bridgehead atoms. The molecule has 4 nitrogen and oxygen atoms in total. The third-order valence-corrected chi connectivity index (χ3v) is 6.84. The molecule has 2 aliphatic heterocycles. The summed E-state index contributed by atoms with van der Waals surface area (Å²) in [5.41, 5.74) is 3.25. The second kappa shape index (κ2) is 9.01. The lowest BCUT2D eigenvalue weighted by Gasteiger charge is -2.31. The molecule has 1 amide bonds. The summed E-state index contributed by atoms with van der Waals surface area (Å²) in [6.07, 6.45) is 2.42. The van der Waals surface area contributed by atoms with Crippen LogP contribution in [0.5, 0.6) is 0 Å². The fraction of sp³-hybridized carbons (Fsp3) is 0.435. The number of benzene rings is 2. The molecule has 4 rings (SSSR count).